The molecule has 0 radical (unpaired) electrons. The number of fused-ring (bicyclic) bond motifs is 1. The molecule has 2 fully saturated rings. The zero-order chi connectivity index (χ0) is 14.3. The van der Waals surface area contributed by atoms with E-state index in [2.05, 4.69) is 0 Å². The van der Waals surface area contributed by atoms with Gasteiger partial charge in [0.25, 0.3) is 0 Å². The van der Waals surface area contributed by atoms with Crippen LogP contribution in [0.5, 0.6) is 0 Å². The van der Waals surface area contributed by atoms with Crippen molar-refractivity contribution in [1.29, 1.82) is 0 Å². The minimum Gasteiger partial charge on any atom is -0.326 e. The topological polar surface area (TPSA) is 23.6 Å². The Labute approximate surface area is 117 Å². The van der Waals surface area contributed by atoms with Gasteiger partial charge in [-0.3, -0.25) is 9.69 Å². The Morgan fingerprint density at radius 2 is 2.15 bits per heavy atom. The van der Waals surface area contributed by atoms with E-state index in [4.69, 9.17) is 0 Å². The van der Waals surface area contributed by atoms with Crippen molar-refractivity contribution in [2.75, 3.05) is 13.7 Å². The fourth-order valence-electron chi connectivity index (χ4n) is 3.32. The van der Waals surface area contributed by atoms with Crippen LogP contribution in [0.15, 0.2) is 18.2 Å². The molecule has 1 aromatic rings. The van der Waals surface area contributed by atoms with Crippen LogP contribution in [0.25, 0.3) is 0 Å². The van der Waals surface area contributed by atoms with E-state index >= 15 is 0 Å². The molecule has 1 saturated heterocycles. The second kappa shape index (κ2) is 5.13. The number of rotatable bonds is 4. The summed E-state index contributed by atoms with van der Waals surface area (Å²) in [6, 6.07) is 3.99. The molecule has 2 unspecified atom stereocenters. The van der Waals surface area contributed by atoms with E-state index in [0.717, 1.165) is 25.3 Å². The predicted molar refractivity (Wildman–Crippen MR) is 70.7 cm³/mol. The highest BCUT2D eigenvalue weighted by Crippen LogP contribution is 2.39. The number of carbonyl (C=O) groups is 1. The molecule has 0 spiro atoms. The molecular weight excluding hydrogens is 262 g/mol. The van der Waals surface area contributed by atoms with Crippen molar-refractivity contribution in [3.05, 3.63) is 35.4 Å². The number of nitrogens with zero attached hydrogens (tertiary/aromatic N) is 2. The van der Waals surface area contributed by atoms with Gasteiger partial charge in [-0.2, -0.15) is 0 Å². The van der Waals surface area contributed by atoms with Gasteiger partial charge in [0.15, 0.2) is 0 Å². The first-order valence-corrected chi connectivity index (χ1v) is 6.99. The first-order chi connectivity index (χ1) is 9.56. The van der Waals surface area contributed by atoms with Crippen LogP contribution < -0.4 is 0 Å². The second-order valence-corrected chi connectivity index (χ2v) is 5.80. The number of halogens is 2. The maximum absolute atomic E-state index is 13.6. The normalized spacial score (nSPS) is 25.0. The van der Waals surface area contributed by atoms with E-state index in [0.29, 0.717) is 24.8 Å². The molecule has 20 heavy (non-hydrogen) atoms. The lowest BCUT2D eigenvalue weighted by Gasteiger charge is -2.45. The van der Waals surface area contributed by atoms with Gasteiger partial charge in [0.2, 0.25) is 5.91 Å². The Morgan fingerprint density at radius 1 is 1.35 bits per heavy atom. The quantitative estimate of drug-likeness (QED) is 0.791. The zero-order valence-electron chi connectivity index (χ0n) is 11.5. The average Bonchev–Trinajstić information content (AvgIpc) is 2.84. The molecule has 1 aliphatic heterocycles. The van der Waals surface area contributed by atoms with E-state index in [-0.39, 0.29) is 11.8 Å². The molecular formula is C15H18F2N2O. The Bertz CT molecular complexity index is 535. The summed E-state index contributed by atoms with van der Waals surface area (Å²) >= 11 is 0. The fourth-order valence-corrected chi connectivity index (χ4v) is 3.32. The highest BCUT2D eigenvalue weighted by molar-refractivity contribution is 5.86. The molecule has 0 N–H and O–H groups in total. The van der Waals surface area contributed by atoms with Crippen LogP contribution in [0.2, 0.25) is 0 Å². The number of likely N-dealkylation sites (tertiary alicyclic amines) is 1. The van der Waals surface area contributed by atoms with Crippen molar-refractivity contribution in [3.63, 3.8) is 0 Å². The number of hydrogen-bond donors (Lipinski definition) is 0. The number of amides is 1. The molecule has 0 bridgehead atoms. The van der Waals surface area contributed by atoms with Gasteiger partial charge in [0.1, 0.15) is 11.6 Å². The second-order valence-electron chi connectivity index (χ2n) is 5.80. The molecule has 1 aliphatic carbocycles. The molecule has 108 valence electrons. The number of benzene rings is 1. The van der Waals surface area contributed by atoms with Crippen LogP contribution in [-0.4, -0.2) is 35.5 Å². The third kappa shape index (κ3) is 2.30. The van der Waals surface area contributed by atoms with Gasteiger partial charge < -0.3 is 4.90 Å². The van der Waals surface area contributed by atoms with Crippen LogP contribution >= 0.6 is 0 Å². The van der Waals surface area contributed by atoms with Gasteiger partial charge in [-0.05, 0) is 26.0 Å². The van der Waals surface area contributed by atoms with Crippen LogP contribution in [0, 0.1) is 17.6 Å². The van der Waals surface area contributed by atoms with Crippen molar-refractivity contribution in [2.45, 2.75) is 31.8 Å². The molecule has 3 rings (SSSR count). The molecule has 3 nitrogen and oxygen atoms in total. The Balaban J connectivity index is 1.60. The van der Waals surface area contributed by atoms with Gasteiger partial charge in [0, 0.05) is 24.2 Å². The third-order valence-corrected chi connectivity index (χ3v) is 4.33. The molecule has 1 saturated carbocycles. The summed E-state index contributed by atoms with van der Waals surface area (Å²) in [6.07, 6.45) is 3.21. The molecule has 0 aromatic heterocycles. The van der Waals surface area contributed by atoms with Gasteiger partial charge >= 0.3 is 0 Å². The Morgan fingerprint density at radius 3 is 2.90 bits per heavy atom. The minimum absolute atomic E-state index is 0.221. The van der Waals surface area contributed by atoms with Gasteiger partial charge in [-0.25, -0.2) is 8.78 Å². The van der Waals surface area contributed by atoms with Crippen LogP contribution in [0.3, 0.4) is 0 Å². The van der Waals surface area contributed by atoms with E-state index in [1.807, 2.05) is 16.8 Å². The lowest BCUT2D eigenvalue weighted by molar-refractivity contribution is -0.157. The highest BCUT2D eigenvalue weighted by Gasteiger charge is 2.49. The zero-order valence-corrected chi connectivity index (χ0v) is 11.5. The Hall–Kier alpha value is -1.49. The standard InChI is InChI=1S/C15H18F2N2O/c1-18(8-10-5-6-11(16)7-13(10)17)9-19-14-4-2-3-12(14)15(19)20/h5-7,12,14H,2-4,8-9H2,1H3. The van der Waals surface area contributed by atoms with Crippen molar-refractivity contribution < 1.29 is 13.6 Å². The summed E-state index contributed by atoms with van der Waals surface area (Å²) in [7, 11) is 1.85. The van der Waals surface area contributed by atoms with E-state index in [1.54, 1.807) is 0 Å². The van der Waals surface area contributed by atoms with E-state index in [1.165, 1.54) is 12.1 Å². The number of carbonyl (C=O) groups excluding carboxylic acids is 1. The summed E-state index contributed by atoms with van der Waals surface area (Å²) in [6.45, 7) is 0.879. The van der Waals surface area contributed by atoms with Crippen LogP contribution in [0.1, 0.15) is 24.8 Å². The van der Waals surface area contributed by atoms with Crippen molar-refractivity contribution in [2.24, 2.45) is 5.92 Å². The van der Waals surface area contributed by atoms with Gasteiger partial charge in [0.05, 0.1) is 12.6 Å². The molecule has 1 heterocycles. The van der Waals surface area contributed by atoms with E-state index in [9.17, 15) is 13.6 Å². The summed E-state index contributed by atoms with van der Waals surface area (Å²) in [5, 5.41) is 0. The molecule has 2 aliphatic rings. The SMILES string of the molecule is CN(Cc1ccc(F)cc1F)CN1C(=O)C2CCCC21. The Kier molecular flexibility index (Phi) is 3.46. The summed E-state index contributed by atoms with van der Waals surface area (Å²) < 4.78 is 26.4. The predicted octanol–water partition coefficient (Wildman–Crippen LogP) is 2.37. The number of β-lactam (4-membered cyclic amide) rings is 1. The minimum atomic E-state index is -0.569. The van der Waals surface area contributed by atoms with E-state index < -0.39 is 11.6 Å². The lowest BCUT2D eigenvalue weighted by Crippen LogP contribution is -2.60. The lowest BCUT2D eigenvalue weighted by atomic mass is 9.91. The maximum Gasteiger partial charge on any atom is 0.229 e. The fraction of sp³-hybridized carbons (Fsp3) is 0.533. The average molecular weight is 280 g/mol. The van der Waals surface area contributed by atoms with Gasteiger partial charge in [-0.15, -0.1) is 0 Å². The summed E-state index contributed by atoms with van der Waals surface area (Å²) in [5.74, 6) is -0.656. The molecule has 2 atom stereocenters. The van der Waals surface area contributed by atoms with Crippen molar-refractivity contribution in [1.82, 2.24) is 9.80 Å². The highest BCUT2D eigenvalue weighted by atomic mass is 19.1. The first-order valence-electron chi connectivity index (χ1n) is 6.99. The smallest absolute Gasteiger partial charge is 0.229 e. The summed E-state index contributed by atoms with van der Waals surface area (Å²) in [4.78, 5) is 15.7. The summed E-state index contributed by atoms with van der Waals surface area (Å²) in [5.41, 5.74) is 0.449. The number of hydrogen-bond acceptors (Lipinski definition) is 2. The first kappa shape index (κ1) is 13.5. The monoisotopic (exact) mass is 280 g/mol. The third-order valence-electron chi connectivity index (χ3n) is 4.33. The van der Waals surface area contributed by atoms with Crippen molar-refractivity contribution >= 4 is 5.91 Å². The van der Waals surface area contributed by atoms with Gasteiger partial charge in [-0.1, -0.05) is 12.5 Å². The molecule has 5 heteroatoms. The van der Waals surface area contributed by atoms with Crippen molar-refractivity contribution in [3.8, 4) is 0 Å². The largest absolute Gasteiger partial charge is 0.326 e. The molecule has 1 amide bonds. The maximum atomic E-state index is 13.6. The van der Waals surface area contributed by atoms with Crippen LogP contribution in [-0.2, 0) is 11.3 Å². The van der Waals surface area contributed by atoms with Crippen LogP contribution in [0.4, 0.5) is 8.78 Å². The molecule has 1 aromatic carbocycles.